The summed E-state index contributed by atoms with van der Waals surface area (Å²) in [6.07, 6.45) is -0.666. The van der Waals surface area contributed by atoms with Gasteiger partial charge in [-0.2, -0.15) is 5.01 Å². The van der Waals surface area contributed by atoms with Gasteiger partial charge in [-0.3, -0.25) is 9.59 Å². The maximum absolute atomic E-state index is 12.1. The molecule has 0 N–H and O–H groups in total. The lowest BCUT2D eigenvalue weighted by Crippen LogP contribution is -2.25. The number of hydrogen-bond donors (Lipinski definition) is 0. The third kappa shape index (κ3) is 4.41. The minimum atomic E-state index is -0.666. The van der Waals surface area contributed by atoms with Crippen molar-refractivity contribution in [2.45, 2.75) is 20.1 Å². The van der Waals surface area contributed by atoms with Gasteiger partial charge in [0.05, 0.1) is 8.95 Å². The van der Waals surface area contributed by atoms with E-state index in [4.69, 9.17) is 9.47 Å². The largest absolute Gasteiger partial charge is 0.446 e. The van der Waals surface area contributed by atoms with Crippen LogP contribution in [0.1, 0.15) is 31.2 Å². The van der Waals surface area contributed by atoms with Gasteiger partial charge in [0.1, 0.15) is 0 Å². The minimum Gasteiger partial charge on any atom is -0.446 e. The van der Waals surface area contributed by atoms with Crippen molar-refractivity contribution in [2.24, 2.45) is 5.10 Å². The van der Waals surface area contributed by atoms with E-state index in [1.165, 1.54) is 18.9 Å². The number of ether oxygens (including phenoxy) is 2. The number of hydrazone groups is 1. The quantitative estimate of drug-likeness (QED) is 0.385. The Labute approximate surface area is 180 Å². The predicted octanol–water partition coefficient (Wildman–Crippen LogP) is 5.14. The van der Waals surface area contributed by atoms with Crippen molar-refractivity contribution >= 4 is 65.6 Å². The maximum Gasteiger partial charge on any atom is 0.308 e. The molecule has 0 fully saturated rings. The normalized spacial score (nSPS) is 16.0. The number of hydrogen-bond acceptors (Lipinski definition) is 5. The summed E-state index contributed by atoms with van der Waals surface area (Å²) in [7, 11) is 0. The highest BCUT2D eigenvalue weighted by Gasteiger charge is 2.33. The number of rotatable bonds is 3. The fraction of sp³-hybridized carbons (Fsp3) is 0.167. The van der Waals surface area contributed by atoms with E-state index in [0.29, 0.717) is 20.3 Å². The van der Waals surface area contributed by atoms with Gasteiger partial charge in [0.15, 0.2) is 5.75 Å². The van der Waals surface area contributed by atoms with Crippen molar-refractivity contribution in [1.29, 1.82) is 0 Å². The van der Waals surface area contributed by atoms with Crippen LogP contribution in [0.2, 0.25) is 0 Å². The standard InChI is InChI=1S/C18H13Br3N2O4/c1-9(24)23-18(11-4-3-5-13(19)6-11)27-17(22-23)12-7-14(20)16(15(21)8-12)26-10(2)25/h3-8,18H,1-2H3/t18-/m1/s1. The second-order valence-electron chi connectivity index (χ2n) is 5.66. The van der Waals surface area contributed by atoms with Crippen molar-refractivity contribution in [2.75, 3.05) is 0 Å². The number of nitrogens with zero attached hydrogens (tertiary/aromatic N) is 2. The first-order valence-electron chi connectivity index (χ1n) is 7.74. The molecule has 27 heavy (non-hydrogen) atoms. The van der Waals surface area contributed by atoms with Crippen molar-refractivity contribution in [1.82, 2.24) is 5.01 Å². The molecular weight excluding hydrogens is 548 g/mol. The van der Waals surface area contributed by atoms with E-state index in [9.17, 15) is 9.59 Å². The molecule has 0 unspecified atom stereocenters. The zero-order valence-corrected chi connectivity index (χ0v) is 19.0. The van der Waals surface area contributed by atoms with Crippen molar-refractivity contribution < 1.29 is 19.1 Å². The van der Waals surface area contributed by atoms with Gasteiger partial charge in [-0.05, 0) is 56.1 Å². The maximum atomic E-state index is 12.1. The van der Waals surface area contributed by atoms with Gasteiger partial charge in [-0.15, -0.1) is 5.10 Å². The van der Waals surface area contributed by atoms with Gasteiger partial charge in [0.2, 0.25) is 18.0 Å². The Balaban J connectivity index is 1.97. The highest BCUT2D eigenvalue weighted by atomic mass is 79.9. The van der Waals surface area contributed by atoms with Crippen LogP contribution in [-0.4, -0.2) is 22.8 Å². The Morgan fingerprint density at radius 1 is 1.11 bits per heavy atom. The first-order valence-corrected chi connectivity index (χ1v) is 10.1. The van der Waals surface area contributed by atoms with Gasteiger partial charge < -0.3 is 9.47 Å². The van der Waals surface area contributed by atoms with Gasteiger partial charge in [0.25, 0.3) is 0 Å². The molecule has 2 aromatic carbocycles. The van der Waals surface area contributed by atoms with Crippen LogP contribution in [0.25, 0.3) is 0 Å². The number of amides is 1. The van der Waals surface area contributed by atoms with E-state index in [1.807, 2.05) is 24.3 Å². The molecule has 0 spiro atoms. The Bertz CT molecular complexity index is 938. The van der Waals surface area contributed by atoms with Crippen LogP contribution in [0, 0.1) is 0 Å². The fourth-order valence-electron chi connectivity index (χ4n) is 2.48. The molecule has 0 saturated carbocycles. The Morgan fingerprint density at radius 3 is 2.33 bits per heavy atom. The molecule has 2 aromatic rings. The predicted molar refractivity (Wildman–Crippen MR) is 110 cm³/mol. The number of carbonyl (C=O) groups excluding carboxylic acids is 2. The smallest absolute Gasteiger partial charge is 0.308 e. The Kier molecular flexibility index (Phi) is 6.02. The second kappa shape index (κ2) is 8.12. The molecule has 1 amide bonds. The third-order valence-corrected chi connectivity index (χ3v) is 5.26. The average Bonchev–Trinajstić information content (AvgIpc) is 3.03. The molecule has 1 aliphatic rings. The van der Waals surface area contributed by atoms with Crippen LogP contribution < -0.4 is 4.74 Å². The lowest BCUT2D eigenvalue weighted by molar-refractivity contribution is -0.135. The lowest BCUT2D eigenvalue weighted by atomic mass is 10.2. The van der Waals surface area contributed by atoms with E-state index in [2.05, 4.69) is 52.9 Å². The number of benzene rings is 2. The summed E-state index contributed by atoms with van der Waals surface area (Å²) < 4.78 is 13.1. The minimum absolute atomic E-state index is 0.246. The van der Waals surface area contributed by atoms with Crippen LogP contribution in [0.3, 0.4) is 0 Å². The van der Waals surface area contributed by atoms with E-state index in [0.717, 1.165) is 10.0 Å². The molecule has 6 nitrogen and oxygen atoms in total. The summed E-state index contributed by atoms with van der Waals surface area (Å²) in [5, 5.41) is 5.62. The zero-order chi connectivity index (χ0) is 19.7. The first kappa shape index (κ1) is 20.0. The van der Waals surface area contributed by atoms with E-state index < -0.39 is 12.2 Å². The highest BCUT2D eigenvalue weighted by molar-refractivity contribution is 9.11. The van der Waals surface area contributed by atoms with Gasteiger partial charge in [0, 0.05) is 29.4 Å². The molecule has 1 aliphatic heterocycles. The van der Waals surface area contributed by atoms with Crippen LogP contribution in [0.4, 0.5) is 0 Å². The highest BCUT2D eigenvalue weighted by Crippen LogP contribution is 2.37. The summed E-state index contributed by atoms with van der Waals surface area (Å²) >= 11 is 10.2. The molecule has 1 atom stereocenters. The first-order chi connectivity index (χ1) is 12.8. The van der Waals surface area contributed by atoms with Crippen molar-refractivity contribution in [3.05, 3.63) is 60.9 Å². The van der Waals surface area contributed by atoms with Gasteiger partial charge >= 0.3 is 5.97 Å². The van der Waals surface area contributed by atoms with Crippen molar-refractivity contribution in [3.8, 4) is 5.75 Å². The lowest BCUT2D eigenvalue weighted by Gasteiger charge is -2.19. The summed E-state index contributed by atoms with van der Waals surface area (Å²) in [6.45, 7) is 2.75. The van der Waals surface area contributed by atoms with E-state index in [-0.39, 0.29) is 11.8 Å². The molecule has 140 valence electrons. The van der Waals surface area contributed by atoms with Gasteiger partial charge in [-0.25, -0.2) is 0 Å². The Hall–Kier alpha value is -1.71. The van der Waals surface area contributed by atoms with Crippen LogP contribution in [0.15, 0.2) is 54.9 Å². The number of halogens is 3. The molecule has 0 radical (unpaired) electrons. The van der Waals surface area contributed by atoms with Crippen LogP contribution in [0.5, 0.6) is 5.75 Å². The zero-order valence-electron chi connectivity index (χ0n) is 14.2. The number of esters is 1. The van der Waals surface area contributed by atoms with Crippen LogP contribution in [-0.2, 0) is 14.3 Å². The van der Waals surface area contributed by atoms with E-state index in [1.54, 1.807) is 12.1 Å². The molecule has 3 rings (SSSR count). The summed E-state index contributed by atoms with van der Waals surface area (Å²) in [5.41, 5.74) is 1.40. The fourth-order valence-corrected chi connectivity index (χ4v) is 4.25. The average molecular weight is 561 g/mol. The molecule has 0 bridgehead atoms. The molecule has 0 aliphatic carbocycles. The summed E-state index contributed by atoms with van der Waals surface area (Å²) in [5.74, 6) is -0.0384. The monoisotopic (exact) mass is 558 g/mol. The van der Waals surface area contributed by atoms with Crippen molar-refractivity contribution in [3.63, 3.8) is 0 Å². The molecule has 0 aromatic heterocycles. The molecule has 0 saturated heterocycles. The summed E-state index contributed by atoms with van der Waals surface area (Å²) in [6, 6.07) is 10.9. The van der Waals surface area contributed by atoms with Gasteiger partial charge in [-0.1, -0.05) is 28.1 Å². The topological polar surface area (TPSA) is 68.2 Å². The molecule has 9 heteroatoms. The van der Waals surface area contributed by atoms with Crippen LogP contribution >= 0.6 is 47.8 Å². The molecular formula is C18H13Br3N2O4. The molecule has 1 heterocycles. The number of carbonyl (C=O) groups is 2. The van der Waals surface area contributed by atoms with E-state index >= 15 is 0 Å². The SMILES string of the molecule is CC(=O)Oc1c(Br)cc(C2=NN(C(C)=O)[C@@H](c3cccc(Br)c3)O2)cc1Br. The third-order valence-electron chi connectivity index (χ3n) is 3.59. The Morgan fingerprint density at radius 2 is 1.78 bits per heavy atom. The summed E-state index contributed by atoms with van der Waals surface area (Å²) in [4.78, 5) is 23.3. The second-order valence-corrected chi connectivity index (χ2v) is 8.28.